The van der Waals surface area contributed by atoms with Gasteiger partial charge in [-0.05, 0) is 92.4 Å². The quantitative estimate of drug-likeness (QED) is 0.645. The van der Waals surface area contributed by atoms with E-state index in [0.29, 0.717) is 29.1 Å². The minimum Gasteiger partial charge on any atom is -0.458 e. The summed E-state index contributed by atoms with van der Waals surface area (Å²) >= 11 is 1.96. The van der Waals surface area contributed by atoms with Crippen LogP contribution in [0.4, 0.5) is 0 Å². The van der Waals surface area contributed by atoms with Gasteiger partial charge in [-0.2, -0.15) is 11.8 Å². The molecule has 0 radical (unpaired) electrons. The summed E-state index contributed by atoms with van der Waals surface area (Å²) in [5, 5.41) is 22.2. The number of hydrogen-bond acceptors (Lipinski definition) is 5. The van der Waals surface area contributed by atoms with Crippen LogP contribution in [0.25, 0.3) is 0 Å². The largest absolute Gasteiger partial charge is 0.458 e. The number of hydrogen-bond donors (Lipinski definition) is 2. The first-order valence-corrected chi connectivity index (χ1v) is 13.2. The number of rotatable bonds is 4. The molecule has 1 unspecified atom stereocenters. The van der Waals surface area contributed by atoms with Gasteiger partial charge in [0.2, 0.25) is 0 Å². The van der Waals surface area contributed by atoms with E-state index in [-0.39, 0.29) is 23.9 Å². The molecule has 5 aliphatic rings. The molecule has 4 aliphatic carbocycles. The number of ether oxygens (including phenoxy) is 1. The van der Waals surface area contributed by atoms with Crippen molar-refractivity contribution >= 4 is 17.7 Å². The molecular weight excluding hydrogens is 396 g/mol. The number of esters is 1. The number of cyclic esters (lactones) is 1. The molecule has 5 rings (SSSR count). The molecule has 0 aromatic carbocycles. The second kappa shape index (κ2) is 7.52. The standard InChI is InChI=1S/C25H38O4S/c1-23-8-5-18(30-12-11-26)14-17(23)3-4-21-20(23)6-9-24(2)19(7-10-25(21,24)28)16-13-22(27)29-15-16/h13,17-21,26,28H,3-12,14-15H2,1-2H3/t17-,18?,19-,20+,21-,23+,24-,25+/m1/s1. The van der Waals surface area contributed by atoms with Gasteiger partial charge in [0.25, 0.3) is 0 Å². The lowest BCUT2D eigenvalue weighted by atomic mass is 9.43. The Kier molecular flexibility index (Phi) is 5.35. The average molecular weight is 435 g/mol. The highest BCUT2D eigenvalue weighted by molar-refractivity contribution is 7.99. The Labute approximate surface area is 185 Å². The molecule has 0 aromatic heterocycles. The van der Waals surface area contributed by atoms with Crippen molar-refractivity contribution < 1.29 is 19.7 Å². The smallest absolute Gasteiger partial charge is 0.331 e. The van der Waals surface area contributed by atoms with Gasteiger partial charge in [0, 0.05) is 22.5 Å². The Morgan fingerprint density at radius 2 is 1.93 bits per heavy atom. The molecule has 0 saturated heterocycles. The molecule has 8 atom stereocenters. The van der Waals surface area contributed by atoms with Crippen LogP contribution in [0.1, 0.15) is 71.6 Å². The first-order valence-electron chi connectivity index (χ1n) is 12.1. The van der Waals surface area contributed by atoms with Crippen LogP contribution in [0.2, 0.25) is 0 Å². The van der Waals surface area contributed by atoms with Crippen LogP contribution in [-0.2, 0) is 9.53 Å². The van der Waals surface area contributed by atoms with E-state index in [4.69, 9.17) is 4.74 Å². The Hall–Kier alpha value is -0.520. The second-order valence-corrected chi connectivity index (χ2v) is 12.7. The van der Waals surface area contributed by atoms with Crippen LogP contribution in [0.3, 0.4) is 0 Å². The van der Waals surface area contributed by atoms with Gasteiger partial charge in [-0.3, -0.25) is 0 Å². The third-order valence-electron chi connectivity index (χ3n) is 10.4. The van der Waals surface area contributed by atoms with Gasteiger partial charge in [0.15, 0.2) is 0 Å². The van der Waals surface area contributed by atoms with Gasteiger partial charge in [0.05, 0.1) is 12.2 Å². The molecule has 0 aromatic rings. The Morgan fingerprint density at radius 3 is 2.67 bits per heavy atom. The zero-order valence-corrected chi connectivity index (χ0v) is 19.4. The highest BCUT2D eigenvalue weighted by Gasteiger charge is 2.67. The lowest BCUT2D eigenvalue weighted by molar-refractivity contribution is -0.203. The van der Waals surface area contributed by atoms with Crippen LogP contribution in [0.5, 0.6) is 0 Å². The maximum absolute atomic E-state index is 12.3. The van der Waals surface area contributed by atoms with Crippen LogP contribution in [-0.4, -0.2) is 46.0 Å². The second-order valence-electron chi connectivity index (χ2n) is 11.3. The summed E-state index contributed by atoms with van der Waals surface area (Å²) in [6, 6.07) is 0. The van der Waals surface area contributed by atoms with E-state index in [1.54, 1.807) is 6.08 Å². The molecule has 5 heteroatoms. The lowest BCUT2D eigenvalue weighted by Gasteiger charge is -2.63. The normalized spacial score (nSPS) is 50.3. The van der Waals surface area contributed by atoms with Crippen molar-refractivity contribution in [1.29, 1.82) is 0 Å². The summed E-state index contributed by atoms with van der Waals surface area (Å²) in [6.45, 7) is 5.55. The Morgan fingerprint density at radius 1 is 1.10 bits per heavy atom. The van der Waals surface area contributed by atoms with Crippen LogP contribution in [0, 0.1) is 34.5 Å². The SMILES string of the molecule is C[C@]12CCC(SCCO)C[C@H]1CC[C@@H]1[C@@H]2CC[C@]2(C)[C@@H](C3=CC(=O)OC3)CC[C@]12O. The number of fused-ring (bicyclic) bond motifs is 5. The number of aliphatic hydroxyl groups excluding tert-OH is 1. The zero-order chi connectivity index (χ0) is 21.1. The van der Waals surface area contributed by atoms with E-state index in [1.807, 2.05) is 11.8 Å². The third-order valence-corrected chi connectivity index (χ3v) is 11.7. The van der Waals surface area contributed by atoms with Crippen molar-refractivity contribution in [1.82, 2.24) is 0 Å². The van der Waals surface area contributed by atoms with Crippen molar-refractivity contribution in [2.75, 3.05) is 19.0 Å². The third kappa shape index (κ3) is 2.97. The average Bonchev–Trinajstić information content (AvgIpc) is 3.26. The first-order chi connectivity index (χ1) is 14.3. The Balaban J connectivity index is 1.38. The van der Waals surface area contributed by atoms with Gasteiger partial charge < -0.3 is 14.9 Å². The molecule has 1 aliphatic heterocycles. The highest BCUT2D eigenvalue weighted by Crippen LogP contribution is 2.70. The van der Waals surface area contributed by atoms with Gasteiger partial charge in [-0.25, -0.2) is 4.79 Å². The van der Waals surface area contributed by atoms with E-state index >= 15 is 0 Å². The van der Waals surface area contributed by atoms with Gasteiger partial charge in [-0.1, -0.05) is 13.8 Å². The Bertz CT molecular complexity index is 737. The summed E-state index contributed by atoms with van der Waals surface area (Å²) in [4.78, 5) is 11.7. The van der Waals surface area contributed by atoms with Crippen molar-refractivity contribution in [3.05, 3.63) is 11.6 Å². The fourth-order valence-corrected chi connectivity index (χ4v) is 9.83. The van der Waals surface area contributed by atoms with Crippen molar-refractivity contribution in [2.24, 2.45) is 34.5 Å². The molecule has 4 saturated carbocycles. The minimum atomic E-state index is -0.608. The number of carbonyl (C=O) groups is 1. The van der Waals surface area contributed by atoms with Crippen molar-refractivity contribution in [3.63, 3.8) is 0 Å². The number of thioether (sulfide) groups is 1. The van der Waals surface area contributed by atoms with Crippen LogP contribution < -0.4 is 0 Å². The summed E-state index contributed by atoms with van der Waals surface area (Å²) in [7, 11) is 0. The van der Waals surface area contributed by atoms with E-state index in [9.17, 15) is 15.0 Å². The predicted octanol–water partition coefficient (Wildman–Crippen LogP) is 4.34. The first kappa shape index (κ1) is 21.3. The molecular formula is C25H38O4S. The summed E-state index contributed by atoms with van der Waals surface area (Å²) in [6.07, 6.45) is 12.0. The minimum absolute atomic E-state index is 0.134. The molecule has 0 amide bonds. The molecule has 0 spiro atoms. The molecule has 1 heterocycles. The van der Waals surface area contributed by atoms with E-state index in [1.165, 1.54) is 32.1 Å². The topological polar surface area (TPSA) is 66.8 Å². The van der Waals surface area contributed by atoms with Crippen LogP contribution in [0.15, 0.2) is 11.6 Å². The molecule has 168 valence electrons. The molecule has 4 nitrogen and oxygen atoms in total. The maximum Gasteiger partial charge on any atom is 0.331 e. The fraction of sp³-hybridized carbons (Fsp3) is 0.880. The van der Waals surface area contributed by atoms with E-state index < -0.39 is 5.60 Å². The van der Waals surface area contributed by atoms with Gasteiger partial charge >= 0.3 is 5.97 Å². The monoisotopic (exact) mass is 434 g/mol. The van der Waals surface area contributed by atoms with Gasteiger partial charge in [0.1, 0.15) is 6.61 Å². The summed E-state index contributed by atoms with van der Waals surface area (Å²) in [5.74, 6) is 2.71. The molecule has 4 fully saturated rings. The predicted molar refractivity (Wildman–Crippen MR) is 119 cm³/mol. The number of carbonyl (C=O) groups excluding carboxylic acids is 1. The van der Waals surface area contributed by atoms with E-state index in [2.05, 4.69) is 13.8 Å². The van der Waals surface area contributed by atoms with Crippen LogP contribution >= 0.6 is 11.8 Å². The van der Waals surface area contributed by atoms with E-state index in [0.717, 1.165) is 42.9 Å². The zero-order valence-electron chi connectivity index (χ0n) is 18.6. The lowest BCUT2D eigenvalue weighted by Crippen LogP contribution is -2.62. The molecule has 2 N–H and O–H groups in total. The fourth-order valence-electron chi connectivity index (χ4n) is 8.74. The van der Waals surface area contributed by atoms with Crippen molar-refractivity contribution in [3.8, 4) is 0 Å². The summed E-state index contributed by atoms with van der Waals surface area (Å²) < 4.78 is 5.24. The molecule has 30 heavy (non-hydrogen) atoms. The van der Waals surface area contributed by atoms with Gasteiger partial charge in [-0.15, -0.1) is 0 Å². The number of aliphatic hydroxyl groups is 2. The maximum atomic E-state index is 12.3. The summed E-state index contributed by atoms with van der Waals surface area (Å²) in [5.41, 5.74) is 0.729. The molecule has 0 bridgehead atoms. The highest BCUT2D eigenvalue weighted by atomic mass is 32.2. The van der Waals surface area contributed by atoms with Crippen molar-refractivity contribution in [2.45, 2.75) is 82.5 Å².